The molecule has 3 N–H and O–H groups in total. The van der Waals surface area contributed by atoms with E-state index in [9.17, 15) is 9.59 Å². The summed E-state index contributed by atoms with van der Waals surface area (Å²) in [6, 6.07) is 7.63. The van der Waals surface area contributed by atoms with Gasteiger partial charge in [0.25, 0.3) is 0 Å². The Morgan fingerprint density at radius 1 is 1.28 bits per heavy atom. The Labute approximate surface area is 110 Å². The number of nitrogens with one attached hydrogen (secondary N) is 2. The average molecular weight is 271 g/mol. The minimum Gasteiger partial charge on any atom is -0.480 e. The summed E-state index contributed by atoms with van der Waals surface area (Å²) in [7, 11) is 0. The van der Waals surface area contributed by atoms with E-state index in [2.05, 4.69) is 10.6 Å². The van der Waals surface area contributed by atoms with E-state index in [0.717, 1.165) is 5.56 Å². The summed E-state index contributed by atoms with van der Waals surface area (Å²) in [5.74, 6) is -0.788. The lowest BCUT2D eigenvalue weighted by Crippen LogP contribution is -2.47. The monoisotopic (exact) mass is 270 g/mol. The molecule has 1 unspecified atom stereocenters. The molecule has 5 nitrogen and oxygen atoms in total. The van der Waals surface area contributed by atoms with Crippen molar-refractivity contribution in [3.63, 3.8) is 0 Å². The second kappa shape index (κ2) is 7.55. The number of amides is 2. The lowest BCUT2D eigenvalue weighted by atomic mass is 10.1. The minimum absolute atomic E-state index is 0.241. The molecule has 98 valence electrons. The fourth-order valence-electron chi connectivity index (χ4n) is 1.42. The number of carboxylic acid groups (broad SMARTS) is 1. The smallest absolute Gasteiger partial charge is 0.326 e. The summed E-state index contributed by atoms with van der Waals surface area (Å²) >= 11 is 5.42. The standard InChI is InChI=1S/C12H15ClN2O3/c13-6-7-14-12(18)15-10(11(16)17)8-9-4-2-1-3-5-9/h1-5,10H,6-8H2,(H,16,17)(H2,14,15,18). The van der Waals surface area contributed by atoms with Crippen molar-refractivity contribution < 1.29 is 14.7 Å². The van der Waals surface area contributed by atoms with Crippen molar-refractivity contribution in [3.8, 4) is 0 Å². The van der Waals surface area contributed by atoms with Crippen molar-refractivity contribution in [1.82, 2.24) is 10.6 Å². The highest BCUT2D eigenvalue weighted by atomic mass is 35.5. The summed E-state index contributed by atoms with van der Waals surface area (Å²) in [6.07, 6.45) is 0.241. The van der Waals surface area contributed by atoms with Crippen molar-refractivity contribution in [3.05, 3.63) is 35.9 Å². The highest BCUT2D eigenvalue weighted by Gasteiger charge is 2.19. The van der Waals surface area contributed by atoms with E-state index >= 15 is 0 Å². The number of benzene rings is 1. The molecule has 1 atom stereocenters. The Balaban J connectivity index is 2.55. The van der Waals surface area contributed by atoms with Crippen LogP contribution in [0.25, 0.3) is 0 Å². The fraction of sp³-hybridized carbons (Fsp3) is 0.333. The fourth-order valence-corrected chi connectivity index (χ4v) is 1.51. The molecule has 1 rings (SSSR count). The number of carbonyl (C=O) groups excluding carboxylic acids is 1. The third-order valence-electron chi connectivity index (χ3n) is 2.27. The first-order valence-corrected chi connectivity index (χ1v) is 6.04. The predicted octanol–water partition coefficient (Wildman–Crippen LogP) is 1.22. The van der Waals surface area contributed by atoms with Gasteiger partial charge in [-0.25, -0.2) is 9.59 Å². The number of rotatable bonds is 6. The zero-order chi connectivity index (χ0) is 13.4. The van der Waals surface area contributed by atoms with Crippen LogP contribution in [0.2, 0.25) is 0 Å². The van der Waals surface area contributed by atoms with E-state index in [1.165, 1.54) is 0 Å². The number of hydrogen-bond donors (Lipinski definition) is 3. The minimum atomic E-state index is -1.07. The second-order valence-corrected chi connectivity index (χ2v) is 4.05. The molecule has 2 amide bonds. The lowest BCUT2D eigenvalue weighted by Gasteiger charge is -2.14. The van der Waals surface area contributed by atoms with Crippen LogP contribution in [0.4, 0.5) is 4.79 Å². The lowest BCUT2D eigenvalue weighted by molar-refractivity contribution is -0.139. The SMILES string of the molecule is O=C(NCCCl)NC(Cc1ccccc1)C(=O)O. The molecule has 6 heteroatoms. The number of carboxylic acids is 1. The van der Waals surface area contributed by atoms with Crippen LogP contribution in [0, 0.1) is 0 Å². The van der Waals surface area contributed by atoms with Gasteiger partial charge < -0.3 is 15.7 Å². The van der Waals surface area contributed by atoms with Crippen molar-refractivity contribution >= 4 is 23.6 Å². The summed E-state index contributed by atoms with van der Waals surface area (Å²) < 4.78 is 0. The van der Waals surface area contributed by atoms with Gasteiger partial charge in [0.05, 0.1) is 0 Å². The number of aliphatic carboxylic acids is 1. The van der Waals surface area contributed by atoms with Crippen LogP contribution in [0.3, 0.4) is 0 Å². The van der Waals surface area contributed by atoms with Crippen molar-refractivity contribution in [2.75, 3.05) is 12.4 Å². The summed E-state index contributed by atoms with van der Waals surface area (Å²) in [6.45, 7) is 0.297. The van der Waals surface area contributed by atoms with Crippen LogP contribution >= 0.6 is 11.6 Å². The molecule has 0 saturated heterocycles. The molecule has 0 aromatic heterocycles. The number of alkyl halides is 1. The Kier molecular flexibility index (Phi) is 6.00. The number of carbonyl (C=O) groups is 2. The molecular weight excluding hydrogens is 256 g/mol. The first-order valence-electron chi connectivity index (χ1n) is 5.50. The van der Waals surface area contributed by atoms with Crippen molar-refractivity contribution in [1.29, 1.82) is 0 Å². The predicted molar refractivity (Wildman–Crippen MR) is 68.8 cm³/mol. The van der Waals surface area contributed by atoms with Crippen LogP contribution in [0.15, 0.2) is 30.3 Å². The molecule has 0 saturated carbocycles. The zero-order valence-corrected chi connectivity index (χ0v) is 10.5. The van der Waals surface area contributed by atoms with Gasteiger partial charge in [0.2, 0.25) is 0 Å². The number of hydrogen-bond acceptors (Lipinski definition) is 2. The van der Waals surface area contributed by atoms with E-state index in [0.29, 0.717) is 6.54 Å². The second-order valence-electron chi connectivity index (χ2n) is 3.67. The first-order chi connectivity index (χ1) is 8.63. The Morgan fingerprint density at radius 3 is 2.50 bits per heavy atom. The molecule has 0 radical (unpaired) electrons. The summed E-state index contributed by atoms with van der Waals surface area (Å²) in [5.41, 5.74) is 0.850. The van der Waals surface area contributed by atoms with Gasteiger partial charge in [-0.3, -0.25) is 0 Å². The van der Waals surface area contributed by atoms with Gasteiger partial charge in [-0.2, -0.15) is 0 Å². The normalized spacial score (nSPS) is 11.6. The van der Waals surface area contributed by atoms with Gasteiger partial charge in [-0.1, -0.05) is 30.3 Å². The Hall–Kier alpha value is -1.75. The Bertz CT molecular complexity index is 398. The number of halogens is 1. The van der Waals surface area contributed by atoms with Gasteiger partial charge in [0.1, 0.15) is 6.04 Å². The molecule has 0 aliphatic carbocycles. The van der Waals surface area contributed by atoms with E-state index in [1.54, 1.807) is 0 Å². The van der Waals surface area contributed by atoms with E-state index in [-0.39, 0.29) is 12.3 Å². The largest absolute Gasteiger partial charge is 0.480 e. The topological polar surface area (TPSA) is 78.4 Å². The van der Waals surface area contributed by atoms with Gasteiger partial charge >= 0.3 is 12.0 Å². The van der Waals surface area contributed by atoms with Crippen LogP contribution in [0.1, 0.15) is 5.56 Å². The maximum atomic E-state index is 11.4. The molecule has 1 aromatic carbocycles. The molecule has 0 fully saturated rings. The molecule has 1 aromatic rings. The first kappa shape index (κ1) is 14.3. The van der Waals surface area contributed by atoms with Gasteiger partial charge in [-0.15, -0.1) is 11.6 Å². The quantitative estimate of drug-likeness (QED) is 0.680. The van der Waals surface area contributed by atoms with Gasteiger partial charge in [0, 0.05) is 18.8 Å². The highest BCUT2D eigenvalue weighted by Crippen LogP contribution is 2.03. The van der Waals surface area contributed by atoms with E-state index in [1.807, 2.05) is 30.3 Å². The van der Waals surface area contributed by atoms with E-state index in [4.69, 9.17) is 16.7 Å². The molecule has 0 heterocycles. The molecule has 0 bridgehead atoms. The van der Waals surface area contributed by atoms with Gasteiger partial charge in [-0.05, 0) is 5.56 Å². The molecule has 0 aliphatic rings. The van der Waals surface area contributed by atoms with Gasteiger partial charge in [0.15, 0.2) is 0 Å². The Morgan fingerprint density at radius 2 is 1.94 bits per heavy atom. The van der Waals surface area contributed by atoms with Crippen LogP contribution in [0.5, 0.6) is 0 Å². The van der Waals surface area contributed by atoms with Crippen LogP contribution in [-0.2, 0) is 11.2 Å². The molecular formula is C12H15ClN2O3. The third kappa shape index (κ3) is 5.05. The summed E-state index contributed by atoms with van der Waals surface area (Å²) in [5, 5.41) is 13.9. The molecule has 0 aliphatic heterocycles. The molecule has 18 heavy (non-hydrogen) atoms. The third-order valence-corrected chi connectivity index (χ3v) is 2.46. The van der Waals surface area contributed by atoms with Crippen LogP contribution < -0.4 is 10.6 Å². The van der Waals surface area contributed by atoms with Crippen molar-refractivity contribution in [2.45, 2.75) is 12.5 Å². The maximum absolute atomic E-state index is 11.4. The average Bonchev–Trinajstić information content (AvgIpc) is 2.36. The van der Waals surface area contributed by atoms with E-state index < -0.39 is 18.0 Å². The molecule has 0 spiro atoms. The summed E-state index contributed by atoms with van der Waals surface area (Å²) in [4.78, 5) is 22.4. The highest BCUT2D eigenvalue weighted by molar-refractivity contribution is 6.18. The maximum Gasteiger partial charge on any atom is 0.326 e. The number of urea groups is 1. The van der Waals surface area contributed by atoms with Crippen molar-refractivity contribution in [2.24, 2.45) is 0 Å². The van der Waals surface area contributed by atoms with Crippen LogP contribution in [-0.4, -0.2) is 35.6 Å². The zero-order valence-electron chi connectivity index (χ0n) is 9.73.